The number of aromatic nitrogens is 1. The van der Waals surface area contributed by atoms with Crippen molar-refractivity contribution in [1.82, 2.24) is 4.98 Å². The smallest absolute Gasteiger partial charge is 0.132 e. The molecule has 0 atom stereocenters. The maximum absolute atomic E-state index is 5.36. The summed E-state index contributed by atoms with van der Waals surface area (Å²) in [6.45, 7) is 2.03. The monoisotopic (exact) mass is 313 g/mol. The van der Waals surface area contributed by atoms with Crippen molar-refractivity contribution in [2.24, 2.45) is 0 Å². The van der Waals surface area contributed by atoms with Gasteiger partial charge in [0.2, 0.25) is 0 Å². The van der Waals surface area contributed by atoms with Gasteiger partial charge in [-0.15, -0.1) is 11.3 Å². The molecule has 1 aromatic carbocycles. The normalized spacial score (nSPS) is 10.4. The minimum Gasteiger partial charge on any atom is -0.497 e. The van der Waals surface area contributed by atoms with Crippen molar-refractivity contribution in [1.29, 1.82) is 0 Å². The lowest BCUT2D eigenvalue weighted by molar-refractivity contribution is 0.395. The number of nitrogens with zero attached hydrogens (tertiary/aromatic N) is 1. The van der Waals surface area contributed by atoms with Crippen LogP contribution in [0.5, 0.6) is 11.5 Å². The van der Waals surface area contributed by atoms with Crippen LogP contribution in [-0.2, 0) is 0 Å². The standard InChI is InChI=1S/C12H12BrNO2S/c1-7-11(13)14-12(17-7)9-5-4-8(15-2)6-10(9)16-3/h4-6H,1-3H3. The van der Waals surface area contributed by atoms with Gasteiger partial charge in [-0.25, -0.2) is 4.98 Å². The fourth-order valence-electron chi connectivity index (χ4n) is 1.47. The Kier molecular flexibility index (Phi) is 3.69. The Morgan fingerprint density at radius 2 is 2.00 bits per heavy atom. The number of benzene rings is 1. The van der Waals surface area contributed by atoms with Crippen LogP contribution in [0.1, 0.15) is 4.88 Å². The lowest BCUT2D eigenvalue weighted by Gasteiger charge is -2.07. The Morgan fingerprint density at radius 1 is 1.24 bits per heavy atom. The molecule has 2 rings (SSSR count). The molecule has 90 valence electrons. The zero-order chi connectivity index (χ0) is 12.4. The first-order valence-electron chi connectivity index (χ1n) is 5.01. The zero-order valence-corrected chi connectivity index (χ0v) is 12.2. The first-order valence-corrected chi connectivity index (χ1v) is 6.62. The maximum Gasteiger partial charge on any atom is 0.132 e. The van der Waals surface area contributed by atoms with Gasteiger partial charge >= 0.3 is 0 Å². The highest BCUT2D eigenvalue weighted by Gasteiger charge is 2.12. The Bertz CT molecular complexity index is 520. The Morgan fingerprint density at radius 3 is 2.53 bits per heavy atom. The van der Waals surface area contributed by atoms with E-state index < -0.39 is 0 Å². The molecule has 1 heterocycles. The van der Waals surface area contributed by atoms with E-state index in [1.165, 1.54) is 0 Å². The number of hydrogen-bond donors (Lipinski definition) is 0. The van der Waals surface area contributed by atoms with Gasteiger partial charge in [-0.05, 0) is 35.0 Å². The topological polar surface area (TPSA) is 31.4 Å². The largest absolute Gasteiger partial charge is 0.497 e. The molecule has 0 saturated heterocycles. The molecule has 0 aliphatic heterocycles. The van der Waals surface area contributed by atoms with E-state index in [0.717, 1.165) is 31.6 Å². The number of halogens is 1. The molecule has 17 heavy (non-hydrogen) atoms. The quantitative estimate of drug-likeness (QED) is 0.861. The van der Waals surface area contributed by atoms with E-state index in [1.54, 1.807) is 25.6 Å². The van der Waals surface area contributed by atoms with Gasteiger partial charge in [0, 0.05) is 10.9 Å². The highest BCUT2D eigenvalue weighted by atomic mass is 79.9. The summed E-state index contributed by atoms with van der Waals surface area (Å²) in [6.07, 6.45) is 0. The molecule has 0 amide bonds. The highest BCUT2D eigenvalue weighted by Crippen LogP contribution is 2.37. The van der Waals surface area contributed by atoms with Crippen LogP contribution in [0, 0.1) is 6.92 Å². The van der Waals surface area contributed by atoms with Crippen molar-refractivity contribution < 1.29 is 9.47 Å². The van der Waals surface area contributed by atoms with Gasteiger partial charge in [0.05, 0.1) is 19.8 Å². The fourth-order valence-corrected chi connectivity index (χ4v) is 2.84. The molecule has 0 unspecified atom stereocenters. The van der Waals surface area contributed by atoms with Gasteiger partial charge in [-0.1, -0.05) is 0 Å². The van der Waals surface area contributed by atoms with E-state index in [2.05, 4.69) is 20.9 Å². The molecule has 5 heteroatoms. The van der Waals surface area contributed by atoms with Gasteiger partial charge in [-0.3, -0.25) is 0 Å². The Hall–Kier alpha value is -1.07. The molecule has 1 aromatic heterocycles. The summed E-state index contributed by atoms with van der Waals surface area (Å²) in [5.74, 6) is 1.54. The molecule has 0 aliphatic carbocycles. The van der Waals surface area contributed by atoms with Crippen LogP contribution in [0.4, 0.5) is 0 Å². The minimum absolute atomic E-state index is 0.769. The van der Waals surface area contributed by atoms with Crippen LogP contribution in [0.25, 0.3) is 10.6 Å². The lowest BCUT2D eigenvalue weighted by atomic mass is 10.2. The number of thiazole rings is 1. The van der Waals surface area contributed by atoms with Crippen LogP contribution in [0.15, 0.2) is 22.8 Å². The van der Waals surface area contributed by atoms with Crippen molar-refractivity contribution in [2.45, 2.75) is 6.92 Å². The third-order valence-corrected chi connectivity index (χ3v) is 4.42. The fraction of sp³-hybridized carbons (Fsp3) is 0.250. The van der Waals surface area contributed by atoms with Crippen LogP contribution >= 0.6 is 27.3 Å². The second-order valence-corrected chi connectivity index (χ2v) is 5.39. The van der Waals surface area contributed by atoms with Crippen molar-refractivity contribution in [3.8, 4) is 22.1 Å². The van der Waals surface area contributed by atoms with Crippen molar-refractivity contribution in [3.63, 3.8) is 0 Å². The van der Waals surface area contributed by atoms with E-state index >= 15 is 0 Å². The number of hydrogen-bond acceptors (Lipinski definition) is 4. The van der Waals surface area contributed by atoms with E-state index in [9.17, 15) is 0 Å². The maximum atomic E-state index is 5.36. The van der Waals surface area contributed by atoms with E-state index in [1.807, 2.05) is 25.1 Å². The molecule has 0 bridgehead atoms. The molecular formula is C12H12BrNO2S. The number of ether oxygens (including phenoxy) is 2. The third-order valence-electron chi connectivity index (χ3n) is 2.38. The molecule has 3 nitrogen and oxygen atoms in total. The van der Waals surface area contributed by atoms with Crippen molar-refractivity contribution in [3.05, 3.63) is 27.7 Å². The molecule has 0 fully saturated rings. The number of rotatable bonds is 3. The summed E-state index contributed by atoms with van der Waals surface area (Å²) in [5, 5.41) is 0.939. The first-order chi connectivity index (χ1) is 8.15. The van der Waals surface area contributed by atoms with Crippen LogP contribution < -0.4 is 9.47 Å². The zero-order valence-electron chi connectivity index (χ0n) is 9.78. The Balaban J connectivity index is 2.51. The molecule has 0 spiro atoms. The van der Waals surface area contributed by atoms with Crippen molar-refractivity contribution >= 4 is 27.3 Å². The lowest BCUT2D eigenvalue weighted by Crippen LogP contribution is -1.89. The van der Waals surface area contributed by atoms with Crippen LogP contribution in [0.2, 0.25) is 0 Å². The second kappa shape index (κ2) is 5.06. The number of methoxy groups -OCH3 is 2. The van der Waals surface area contributed by atoms with Crippen molar-refractivity contribution in [2.75, 3.05) is 14.2 Å². The van der Waals surface area contributed by atoms with E-state index in [0.29, 0.717) is 0 Å². The van der Waals surface area contributed by atoms with Crippen LogP contribution in [0.3, 0.4) is 0 Å². The summed E-state index contributed by atoms with van der Waals surface area (Å²) < 4.78 is 11.4. The highest BCUT2D eigenvalue weighted by molar-refractivity contribution is 9.10. The predicted molar refractivity (Wildman–Crippen MR) is 73.1 cm³/mol. The summed E-state index contributed by atoms with van der Waals surface area (Å²) in [5.41, 5.74) is 0.979. The summed E-state index contributed by atoms with van der Waals surface area (Å²) in [6, 6.07) is 5.73. The predicted octanol–water partition coefficient (Wildman–Crippen LogP) is 3.90. The molecule has 0 N–H and O–H groups in total. The van der Waals surface area contributed by atoms with E-state index in [-0.39, 0.29) is 0 Å². The van der Waals surface area contributed by atoms with Gasteiger partial charge in [0.15, 0.2) is 0 Å². The average Bonchev–Trinajstić information content (AvgIpc) is 2.68. The summed E-state index contributed by atoms with van der Waals surface area (Å²) in [4.78, 5) is 5.61. The average molecular weight is 314 g/mol. The van der Waals surface area contributed by atoms with E-state index in [4.69, 9.17) is 9.47 Å². The van der Waals surface area contributed by atoms with Gasteiger partial charge in [0.1, 0.15) is 21.1 Å². The third kappa shape index (κ3) is 2.45. The molecule has 2 aromatic rings. The van der Waals surface area contributed by atoms with Gasteiger partial charge in [0.25, 0.3) is 0 Å². The summed E-state index contributed by atoms with van der Waals surface area (Å²) >= 11 is 5.05. The molecule has 0 radical (unpaired) electrons. The Labute approximate surface area is 113 Å². The van der Waals surface area contributed by atoms with Crippen LogP contribution in [-0.4, -0.2) is 19.2 Å². The molecule has 0 saturated carbocycles. The molecular weight excluding hydrogens is 302 g/mol. The van der Waals surface area contributed by atoms with Gasteiger partial charge in [-0.2, -0.15) is 0 Å². The second-order valence-electron chi connectivity index (χ2n) is 3.43. The number of aryl methyl sites for hydroxylation is 1. The first kappa shape index (κ1) is 12.4. The van der Waals surface area contributed by atoms with Gasteiger partial charge < -0.3 is 9.47 Å². The molecule has 0 aliphatic rings. The SMILES string of the molecule is COc1ccc(-c2nc(Br)c(C)s2)c(OC)c1. The minimum atomic E-state index is 0.769. The summed E-state index contributed by atoms with van der Waals surface area (Å²) in [7, 11) is 3.28.